The fourth-order valence-electron chi connectivity index (χ4n) is 1.29. The van der Waals surface area contributed by atoms with Crippen molar-refractivity contribution in [1.29, 1.82) is 0 Å². The van der Waals surface area contributed by atoms with E-state index in [4.69, 9.17) is 11.6 Å². The molecule has 0 bridgehead atoms. The molecule has 1 rings (SSSR count). The van der Waals surface area contributed by atoms with Crippen LogP contribution < -0.4 is 0 Å². The van der Waals surface area contributed by atoms with E-state index in [1.54, 1.807) is 0 Å². The minimum atomic E-state index is -4.66. The van der Waals surface area contributed by atoms with Crippen LogP contribution in [-0.2, 0) is 26.9 Å². The second-order valence-corrected chi connectivity index (χ2v) is 5.76. The molecule has 1 aromatic carbocycles. The molecule has 0 saturated carbocycles. The van der Waals surface area contributed by atoms with Gasteiger partial charge >= 0.3 is 6.18 Å². The Bertz CT molecular complexity index is 569. The summed E-state index contributed by atoms with van der Waals surface area (Å²) in [5, 5.41) is -0.677. The summed E-state index contributed by atoms with van der Waals surface area (Å²) in [5.74, 6) is -1.02. The van der Waals surface area contributed by atoms with Crippen LogP contribution in [0.5, 0.6) is 0 Å². The number of rotatable bonds is 4. The van der Waals surface area contributed by atoms with Crippen LogP contribution in [0, 0.1) is 5.82 Å². The lowest BCUT2D eigenvalue weighted by Crippen LogP contribution is -2.10. The second kappa shape index (κ2) is 5.64. The Morgan fingerprint density at radius 1 is 1.32 bits per heavy atom. The van der Waals surface area contributed by atoms with Crippen LogP contribution in [0.3, 0.4) is 0 Å². The molecule has 108 valence electrons. The zero-order valence-electron chi connectivity index (χ0n) is 9.59. The third kappa shape index (κ3) is 4.96. The van der Waals surface area contributed by atoms with E-state index in [1.807, 2.05) is 0 Å². The van der Waals surface area contributed by atoms with Crippen molar-refractivity contribution in [2.75, 3.05) is 12.9 Å². The lowest BCUT2D eigenvalue weighted by atomic mass is 10.1. The highest BCUT2D eigenvalue weighted by molar-refractivity contribution is 7.85. The second-order valence-electron chi connectivity index (χ2n) is 3.71. The van der Waals surface area contributed by atoms with E-state index < -0.39 is 39.3 Å². The molecule has 0 atom stereocenters. The van der Waals surface area contributed by atoms with E-state index in [0.29, 0.717) is 12.1 Å². The topological polar surface area (TPSA) is 43.4 Å². The molecule has 0 aliphatic rings. The van der Waals surface area contributed by atoms with E-state index in [1.165, 1.54) is 0 Å². The van der Waals surface area contributed by atoms with Gasteiger partial charge in [0.2, 0.25) is 0 Å². The summed E-state index contributed by atoms with van der Waals surface area (Å²) < 4.78 is 76.6. The van der Waals surface area contributed by atoms with Crippen LogP contribution in [0.1, 0.15) is 11.1 Å². The molecule has 0 saturated heterocycles. The Kier molecular flexibility index (Phi) is 4.81. The molecule has 0 amide bonds. The summed E-state index contributed by atoms with van der Waals surface area (Å²) in [6.07, 6.45) is -4.23. The van der Waals surface area contributed by atoms with Gasteiger partial charge in [-0.3, -0.25) is 4.18 Å². The smallest absolute Gasteiger partial charge is 0.270 e. The summed E-state index contributed by atoms with van der Waals surface area (Å²) in [5.41, 5.74) is -1.46. The maximum Gasteiger partial charge on any atom is 0.416 e. The molecule has 0 aromatic heterocycles. The molecule has 1 aromatic rings. The SMILES string of the molecule is CS(=O)(=O)OCCc1cc(C(F)(F)F)cc(Cl)c1F. The minimum absolute atomic E-state index is 0.345. The highest BCUT2D eigenvalue weighted by Crippen LogP contribution is 2.33. The van der Waals surface area contributed by atoms with Crippen molar-refractivity contribution in [3.8, 4) is 0 Å². The van der Waals surface area contributed by atoms with Crippen molar-refractivity contribution in [3.05, 3.63) is 34.1 Å². The van der Waals surface area contributed by atoms with Crippen LogP contribution in [0.15, 0.2) is 12.1 Å². The van der Waals surface area contributed by atoms with Gasteiger partial charge in [-0.15, -0.1) is 0 Å². The maximum atomic E-state index is 13.5. The monoisotopic (exact) mass is 320 g/mol. The lowest BCUT2D eigenvalue weighted by Gasteiger charge is -2.11. The van der Waals surface area contributed by atoms with Crippen LogP contribution in [0.4, 0.5) is 17.6 Å². The molecule has 3 nitrogen and oxygen atoms in total. The summed E-state index contributed by atoms with van der Waals surface area (Å²) in [6.45, 7) is -0.465. The lowest BCUT2D eigenvalue weighted by molar-refractivity contribution is -0.137. The number of alkyl halides is 3. The number of hydrogen-bond acceptors (Lipinski definition) is 3. The summed E-state index contributed by atoms with van der Waals surface area (Å²) in [7, 11) is -3.73. The van der Waals surface area contributed by atoms with Gasteiger partial charge in [0.15, 0.2) is 0 Å². The van der Waals surface area contributed by atoms with Gasteiger partial charge in [-0.05, 0) is 17.7 Å². The normalized spacial score (nSPS) is 12.7. The Morgan fingerprint density at radius 3 is 2.37 bits per heavy atom. The first-order valence-electron chi connectivity index (χ1n) is 4.90. The Hall–Kier alpha value is -0.860. The van der Waals surface area contributed by atoms with Crippen LogP contribution in [0.25, 0.3) is 0 Å². The standard InChI is InChI=1S/C10H9ClF4O3S/c1-19(16,17)18-3-2-6-4-7(10(13,14)15)5-8(11)9(6)12/h4-5H,2-3H2,1H3. The van der Waals surface area contributed by atoms with E-state index >= 15 is 0 Å². The fraction of sp³-hybridized carbons (Fsp3) is 0.400. The highest BCUT2D eigenvalue weighted by atomic mass is 35.5. The molecule has 0 unspecified atom stereocenters. The first-order valence-corrected chi connectivity index (χ1v) is 7.09. The zero-order valence-corrected chi connectivity index (χ0v) is 11.2. The average Bonchev–Trinajstić information content (AvgIpc) is 2.20. The van der Waals surface area contributed by atoms with Crippen molar-refractivity contribution >= 4 is 21.7 Å². The Labute approximate surface area is 112 Å². The summed E-state index contributed by atoms with van der Waals surface area (Å²) in [4.78, 5) is 0. The third-order valence-electron chi connectivity index (χ3n) is 2.10. The predicted molar refractivity (Wildman–Crippen MR) is 60.9 cm³/mol. The van der Waals surface area contributed by atoms with Crippen LogP contribution in [0.2, 0.25) is 5.02 Å². The van der Waals surface area contributed by atoms with Crippen molar-refractivity contribution in [1.82, 2.24) is 0 Å². The van der Waals surface area contributed by atoms with Crippen molar-refractivity contribution in [2.24, 2.45) is 0 Å². The minimum Gasteiger partial charge on any atom is -0.270 e. The molecule has 0 radical (unpaired) electrons. The molecule has 0 spiro atoms. The van der Waals surface area contributed by atoms with Crippen LogP contribution in [-0.4, -0.2) is 21.3 Å². The Balaban J connectivity index is 2.97. The van der Waals surface area contributed by atoms with Crippen LogP contribution >= 0.6 is 11.6 Å². The zero-order chi connectivity index (χ0) is 14.8. The van der Waals surface area contributed by atoms with E-state index in [-0.39, 0.29) is 12.0 Å². The van der Waals surface area contributed by atoms with Gasteiger partial charge < -0.3 is 0 Å². The maximum absolute atomic E-state index is 13.5. The van der Waals surface area contributed by atoms with E-state index in [9.17, 15) is 26.0 Å². The molecule has 19 heavy (non-hydrogen) atoms. The first kappa shape index (κ1) is 16.2. The van der Waals surface area contributed by atoms with Gasteiger partial charge in [0.25, 0.3) is 10.1 Å². The fourth-order valence-corrected chi connectivity index (χ4v) is 1.92. The highest BCUT2D eigenvalue weighted by Gasteiger charge is 2.32. The average molecular weight is 321 g/mol. The third-order valence-corrected chi connectivity index (χ3v) is 2.97. The number of hydrogen-bond donors (Lipinski definition) is 0. The summed E-state index contributed by atoms with van der Waals surface area (Å²) in [6, 6.07) is 1.05. The molecule has 0 N–H and O–H groups in total. The van der Waals surface area contributed by atoms with Gasteiger partial charge in [0.1, 0.15) is 5.82 Å². The van der Waals surface area contributed by atoms with E-state index in [2.05, 4.69) is 4.18 Å². The molecule has 0 fully saturated rings. The first-order chi connectivity index (χ1) is 8.50. The number of benzene rings is 1. The van der Waals surface area contributed by atoms with Crippen molar-refractivity contribution in [3.63, 3.8) is 0 Å². The molecule has 9 heteroatoms. The van der Waals surface area contributed by atoms with Gasteiger partial charge in [-0.2, -0.15) is 21.6 Å². The van der Waals surface area contributed by atoms with E-state index in [0.717, 1.165) is 6.26 Å². The van der Waals surface area contributed by atoms with Gasteiger partial charge in [-0.25, -0.2) is 4.39 Å². The quantitative estimate of drug-likeness (QED) is 0.632. The predicted octanol–water partition coefficient (Wildman–Crippen LogP) is 3.02. The number of halogens is 5. The molecular weight excluding hydrogens is 312 g/mol. The van der Waals surface area contributed by atoms with Crippen molar-refractivity contribution in [2.45, 2.75) is 12.6 Å². The molecular formula is C10H9ClF4O3S. The molecule has 0 aliphatic heterocycles. The van der Waals surface area contributed by atoms with Gasteiger partial charge in [0.05, 0.1) is 23.4 Å². The summed E-state index contributed by atoms with van der Waals surface area (Å²) >= 11 is 5.36. The van der Waals surface area contributed by atoms with Gasteiger partial charge in [0, 0.05) is 6.42 Å². The molecule has 0 aliphatic carbocycles. The van der Waals surface area contributed by atoms with Crippen molar-refractivity contribution < 1.29 is 30.2 Å². The largest absolute Gasteiger partial charge is 0.416 e. The Morgan fingerprint density at radius 2 is 1.89 bits per heavy atom. The molecule has 0 heterocycles. The van der Waals surface area contributed by atoms with Gasteiger partial charge in [-0.1, -0.05) is 11.6 Å².